The van der Waals surface area contributed by atoms with Crippen molar-refractivity contribution in [3.05, 3.63) is 29.8 Å². The number of hydrogen-bond acceptors (Lipinski definition) is 2. The molecule has 1 aromatic carbocycles. The lowest BCUT2D eigenvalue weighted by molar-refractivity contribution is 0.363. The number of aliphatic imine (C=N–C) groups is 1. The molecule has 0 aliphatic carbocycles. The first-order valence-electron chi connectivity index (χ1n) is 6.50. The van der Waals surface area contributed by atoms with Crippen LogP contribution in [-0.4, -0.2) is 37.5 Å². The molecule has 108 valence electrons. The van der Waals surface area contributed by atoms with Crippen molar-refractivity contribution >= 4 is 35.6 Å². The standard InChI is InChI=1S/C14H24N4.HI/c1-4-12-6-8-13(9-7-12)17-14(15)16-10-11-18(3)5-2;/h6-9H,4-5,10-11H2,1-3H3,(H3,15,16,17);1H. The summed E-state index contributed by atoms with van der Waals surface area (Å²) >= 11 is 0. The van der Waals surface area contributed by atoms with Gasteiger partial charge in [0.15, 0.2) is 5.96 Å². The first-order chi connectivity index (χ1) is 8.65. The highest BCUT2D eigenvalue weighted by Crippen LogP contribution is 2.09. The number of aryl methyl sites for hydroxylation is 1. The number of hydrogen-bond donors (Lipinski definition) is 2. The fourth-order valence-electron chi connectivity index (χ4n) is 1.51. The fraction of sp³-hybridized carbons (Fsp3) is 0.500. The third-order valence-electron chi connectivity index (χ3n) is 2.94. The normalized spacial score (nSPS) is 11.3. The maximum absolute atomic E-state index is 5.82. The van der Waals surface area contributed by atoms with E-state index in [1.165, 1.54) is 5.56 Å². The van der Waals surface area contributed by atoms with Gasteiger partial charge in [-0.25, -0.2) is 0 Å². The molecule has 0 spiro atoms. The Morgan fingerprint density at radius 2 is 1.89 bits per heavy atom. The largest absolute Gasteiger partial charge is 0.370 e. The Bertz CT molecular complexity index is 376. The number of guanidine groups is 1. The summed E-state index contributed by atoms with van der Waals surface area (Å²) in [6, 6.07) is 8.25. The van der Waals surface area contributed by atoms with E-state index < -0.39 is 0 Å². The highest BCUT2D eigenvalue weighted by atomic mass is 127. The van der Waals surface area contributed by atoms with Crippen LogP contribution in [0.15, 0.2) is 29.3 Å². The number of nitrogens with two attached hydrogens (primary N) is 1. The summed E-state index contributed by atoms with van der Waals surface area (Å²) in [5.41, 5.74) is 8.13. The third kappa shape index (κ3) is 7.37. The Balaban J connectivity index is 0.00000324. The number of rotatable bonds is 6. The molecule has 0 aromatic heterocycles. The molecule has 0 amide bonds. The molecule has 5 heteroatoms. The van der Waals surface area contributed by atoms with Crippen LogP contribution in [0.5, 0.6) is 0 Å². The van der Waals surface area contributed by atoms with E-state index in [2.05, 4.69) is 48.2 Å². The summed E-state index contributed by atoms with van der Waals surface area (Å²) in [5.74, 6) is 0.476. The molecule has 19 heavy (non-hydrogen) atoms. The van der Waals surface area contributed by atoms with E-state index in [4.69, 9.17) is 5.73 Å². The van der Waals surface area contributed by atoms with Crippen molar-refractivity contribution in [1.82, 2.24) is 4.90 Å². The van der Waals surface area contributed by atoms with Crippen LogP contribution < -0.4 is 11.1 Å². The summed E-state index contributed by atoms with van der Waals surface area (Å²) < 4.78 is 0. The molecule has 1 rings (SSSR count). The van der Waals surface area contributed by atoms with Gasteiger partial charge >= 0.3 is 0 Å². The fourth-order valence-corrected chi connectivity index (χ4v) is 1.51. The third-order valence-corrected chi connectivity index (χ3v) is 2.94. The van der Waals surface area contributed by atoms with Crippen LogP contribution in [0.25, 0.3) is 0 Å². The Kier molecular flexibility index (Phi) is 9.59. The van der Waals surface area contributed by atoms with E-state index in [1.54, 1.807) is 0 Å². The highest BCUT2D eigenvalue weighted by Gasteiger charge is 1.96. The molecular formula is C14H25IN4. The second-order valence-electron chi connectivity index (χ2n) is 4.34. The van der Waals surface area contributed by atoms with Gasteiger partial charge in [-0.15, -0.1) is 24.0 Å². The van der Waals surface area contributed by atoms with Crippen LogP contribution in [0, 0.1) is 0 Å². The van der Waals surface area contributed by atoms with Gasteiger partial charge in [0.05, 0.1) is 6.54 Å². The number of likely N-dealkylation sites (N-methyl/N-ethyl adjacent to an activating group) is 1. The van der Waals surface area contributed by atoms with Gasteiger partial charge in [0.25, 0.3) is 0 Å². The minimum absolute atomic E-state index is 0. The zero-order valence-electron chi connectivity index (χ0n) is 12.0. The number of halogens is 1. The van der Waals surface area contributed by atoms with E-state index in [0.29, 0.717) is 5.96 Å². The average Bonchev–Trinajstić information content (AvgIpc) is 2.39. The summed E-state index contributed by atoms with van der Waals surface area (Å²) in [6.45, 7) is 6.94. The van der Waals surface area contributed by atoms with Crippen LogP contribution >= 0.6 is 24.0 Å². The molecular weight excluding hydrogens is 351 g/mol. The van der Waals surface area contributed by atoms with Crippen LogP contribution in [0.2, 0.25) is 0 Å². The minimum Gasteiger partial charge on any atom is -0.370 e. The predicted molar refractivity (Wildman–Crippen MR) is 94.5 cm³/mol. The van der Waals surface area contributed by atoms with Crippen molar-refractivity contribution in [1.29, 1.82) is 0 Å². The molecule has 1 aromatic rings. The molecule has 3 N–H and O–H groups in total. The van der Waals surface area contributed by atoms with Crippen molar-refractivity contribution in [3.63, 3.8) is 0 Å². The second-order valence-corrected chi connectivity index (χ2v) is 4.34. The lowest BCUT2D eigenvalue weighted by Gasteiger charge is -2.12. The molecule has 0 heterocycles. The van der Waals surface area contributed by atoms with Crippen LogP contribution in [0.3, 0.4) is 0 Å². The Labute approximate surface area is 133 Å². The molecule has 0 bridgehead atoms. The smallest absolute Gasteiger partial charge is 0.193 e. The highest BCUT2D eigenvalue weighted by molar-refractivity contribution is 14.0. The van der Waals surface area contributed by atoms with E-state index in [-0.39, 0.29) is 24.0 Å². The van der Waals surface area contributed by atoms with E-state index in [0.717, 1.165) is 31.7 Å². The maximum Gasteiger partial charge on any atom is 0.193 e. The monoisotopic (exact) mass is 376 g/mol. The van der Waals surface area contributed by atoms with Gasteiger partial charge in [-0.3, -0.25) is 4.99 Å². The first-order valence-corrected chi connectivity index (χ1v) is 6.50. The Morgan fingerprint density at radius 1 is 1.26 bits per heavy atom. The van der Waals surface area contributed by atoms with Gasteiger partial charge < -0.3 is 16.0 Å². The molecule has 0 atom stereocenters. The van der Waals surface area contributed by atoms with Gasteiger partial charge in [-0.05, 0) is 37.7 Å². The molecule has 0 saturated carbocycles. The zero-order valence-corrected chi connectivity index (χ0v) is 14.3. The minimum atomic E-state index is 0. The van der Waals surface area contributed by atoms with E-state index >= 15 is 0 Å². The first kappa shape index (κ1) is 18.2. The molecule has 0 radical (unpaired) electrons. The zero-order chi connectivity index (χ0) is 13.4. The average molecular weight is 376 g/mol. The number of benzene rings is 1. The van der Waals surface area contributed by atoms with Gasteiger partial charge in [0.2, 0.25) is 0 Å². The molecule has 0 aliphatic heterocycles. The van der Waals surface area contributed by atoms with Crippen molar-refractivity contribution in [2.75, 3.05) is 32.0 Å². The predicted octanol–water partition coefficient (Wildman–Crippen LogP) is 2.55. The molecule has 0 saturated heterocycles. The van der Waals surface area contributed by atoms with Crippen LogP contribution in [0.1, 0.15) is 19.4 Å². The molecule has 0 unspecified atom stereocenters. The van der Waals surface area contributed by atoms with Gasteiger partial charge in [-0.2, -0.15) is 0 Å². The quantitative estimate of drug-likeness (QED) is 0.456. The summed E-state index contributed by atoms with van der Waals surface area (Å²) in [7, 11) is 2.07. The molecule has 4 nitrogen and oxygen atoms in total. The van der Waals surface area contributed by atoms with Crippen molar-refractivity contribution < 1.29 is 0 Å². The topological polar surface area (TPSA) is 53.6 Å². The number of nitrogens with one attached hydrogen (secondary N) is 1. The van der Waals surface area contributed by atoms with Crippen LogP contribution in [0.4, 0.5) is 5.69 Å². The van der Waals surface area contributed by atoms with Gasteiger partial charge in [0, 0.05) is 12.2 Å². The Morgan fingerprint density at radius 3 is 2.42 bits per heavy atom. The summed E-state index contributed by atoms with van der Waals surface area (Å²) in [5, 5.41) is 3.09. The van der Waals surface area contributed by atoms with E-state index in [1.807, 2.05) is 12.1 Å². The summed E-state index contributed by atoms with van der Waals surface area (Å²) in [4.78, 5) is 6.49. The van der Waals surface area contributed by atoms with Gasteiger partial charge in [0.1, 0.15) is 0 Å². The second kappa shape index (κ2) is 10.0. The summed E-state index contributed by atoms with van der Waals surface area (Å²) in [6.07, 6.45) is 1.05. The maximum atomic E-state index is 5.82. The lowest BCUT2D eigenvalue weighted by atomic mass is 10.1. The van der Waals surface area contributed by atoms with Gasteiger partial charge in [-0.1, -0.05) is 26.0 Å². The lowest BCUT2D eigenvalue weighted by Crippen LogP contribution is -2.26. The van der Waals surface area contributed by atoms with Crippen LogP contribution in [-0.2, 0) is 6.42 Å². The van der Waals surface area contributed by atoms with Crippen molar-refractivity contribution in [2.24, 2.45) is 10.7 Å². The van der Waals surface area contributed by atoms with Crippen molar-refractivity contribution in [3.8, 4) is 0 Å². The Hall–Kier alpha value is -0.820. The molecule has 0 fully saturated rings. The molecule has 0 aliphatic rings. The number of nitrogens with zero attached hydrogens (tertiary/aromatic N) is 2. The van der Waals surface area contributed by atoms with Crippen molar-refractivity contribution in [2.45, 2.75) is 20.3 Å². The SMILES string of the molecule is CCc1ccc(NC(N)=NCCN(C)CC)cc1.I. The van der Waals surface area contributed by atoms with E-state index in [9.17, 15) is 0 Å². The number of anilines is 1.